The highest BCUT2D eigenvalue weighted by Crippen LogP contribution is 2.20. The zero-order valence-electron chi connectivity index (χ0n) is 15.4. The van der Waals surface area contributed by atoms with Gasteiger partial charge in [0.2, 0.25) is 0 Å². The average molecular weight is 370 g/mol. The third kappa shape index (κ3) is 5.84. The molecule has 0 radical (unpaired) electrons. The molecule has 1 saturated heterocycles. The van der Waals surface area contributed by atoms with Crippen molar-refractivity contribution in [1.29, 1.82) is 0 Å². The smallest absolute Gasteiger partial charge is 0.314 e. The van der Waals surface area contributed by atoms with Crippen LogP contribution in [0.2, 0.25) is 0 Å². The van der Waals surface area contributed by atoms with Gasteiger partial charge in [0.1, 0.15) is 6.26 Å². The van der Waals surface area contributed by atoms with Crippen molar-refractivity contribution in [3.8, 4) is 0 Å². The highest BCUT2D eigenvalue weighted by Gasteiger charge is 2.14. The van der Waals surface area contributed by atoms with Crippen LogP contribution in [0.15, 0.2) is 41.1 Å². The van der Waals surface area contributed by atoms with Gasteiger partial charge >= 0.3 is 11.8 Å². The van der Waals surface area contributed by atoms with Crippen LogP contribution in [0.3, 0.4) is 0 Å². The Balaban J connectivity index is 1.37. The van der Waals surface area contributed by atoms with E-state index in [9.17, 15) is 9.59 Å². The minimum Gasteiger partial charge on any atom is -0.372 e. The van der Waals surface area contributed by atoms with Gasteiger partial charge in [-0.05, 0) is 43.4 Å². The SMILES string of the molecule is O=C(NCCCc1ccc(N2CCCCCC2)cc1)C(=O)Nc1ccon1. The lowest BCUT2D eigenvalue weighted by atomic mass is 10.1. The Kier molecular flexibility index (Phi) is 6.84. The van der Waals surface area contributed by atoms with Gasteiger partial charge in [0.05, 0.1) is 0 Å². The molecule has 0 unspecified atom stereocenters. The third-order valence-electron chi connectivity index (χ3n) is 4.72. The minimum atomic E-state index is -0.745. The van der Waals surface area contributed by atoms with E-state index < -0.39 is 11.8 Å². The van der Waals surface area contributed by atoms with Crippen LogP contribution in [0.25, 0.3) is 0 Å². The van der Waals surface area contributed by atoms with Gasteiger partial charge < -0.3 is 14.7 Å². The predicted molar refractivity (Wildman–Crippen MR) is 104 cm³/mol. The number of benzene rings is 1. The highest BCUT2D eigenvalue weighted by atomic mass is 16.5. The molecule has 7 nitrogen and oxygen atoms in total. The highest BCUT2D eigenvalue weighted by molar-refractivity contribution is 6.39. The number of hydrogen-bond acceptors (Lipinski definition) is 5. The fraction of sp³-hybridized carbons (Fsp3) is 0.450. The largest absolute Gasteiger partial charge is 0.372 e. The molecular formula is C20H26N4O3. The van der Waals surface area contributed by atoms with E-state index >= 15 is 0 Å². The van der Waals surface area contributed by atoms with Crippen molar-refractivity contribution < 1.29 is 14.1 Å². The Morgan fingerprint density at radius 3 is 2.41 bits per heavy atom. The first-order valence-corrected chi connectivity index (χ1v) is 9.56. The minimum absolute atomic E-state index is 0.222. The zero-order valence-corrected chi connectivity index (χ0v) is 15.4. The van der Waals surface area contributed by atoms with E-state index in [1.165, 1.54) is 49.3 Å². The Bertz CT molecular complexity index is 720. The molecule has 1 aliphatic rings. The maximum atomic E-state index is 11.7. The van der Waals surface area contributed by atoms with Gasteiger partial charge in [0.25, 0.3) is 0 Å². The fourth-order valence-electron chi connectivity index (χ4n) is 3.23. The molecule has 0 atom stereocenters. The molecule has 2 amide bonds. The topological polar surface area (TPSA) is 87.5 Å². The number of aromatic nitrogens is 1. The van der Waals surface area contributed by atoms with E-state index in [1.54, 1.807) is 0 Å². The molecular weight excluding hydrogens is 344 g/mol. The molecule has 1 fully saturated rings. The molecule has 1 aliphatic heterocycles. The lowest BCUT2D eigenvalue weighted by molar-refractivity contribution is -0.136. The normalized spacial score (nSPS) is 14.4. The number of amides is 2. The number of carbonyl (C=O) groups is 2. The molecule has 0 aliphatic carbocycles. The van der Waals surface area contributed by atoms with Gasteiger partial charge in [-0.25, -0.2) is 0 Å². The number of anilines is 2. The number of nitrogens with zero attached hydrogens (tertiary/aromatic N) is 2. The molecule has 1 aromatic carbocycles. The Morgan fingerprint density at radius 2 is 1.74 bits per heavy atom. The second-order valence-electron chi connectivity index (χ2n) is 6.77. The number of carbonyl (C=O) groups excluding carboxylic acids is 2. The van der Waals surface area contributed by atoms with Crippen molar-refractivity contribution in [2.24, 2.45) is 0 Å². The summed E-state index contributed by atoms with van der Waals surface area (Å²) in [5.74, 6) is -1.19. The van der Waals surface area contributed by atoms with Crippen LogP contribution < -0.4 is 15.5 Å². The van der Waals surface area contributed by atoms with Gasteiger partial charge in [-0.1, -0.05) is 30.1 Å². The van der Waals surface area contributed by atoms with E-state index in [0.29, 0.717) is 6.54 Å². The van der Waals surface area contributed by atoms with Crippen molar-refractivity contribution in [3.05, 3.63) is 42.2 Å². The standard InChI is InChI=1S/C20H26N4O3/c25-19(20(26)22-18-11-15-27-23-18)21-12-5-6-16-7-9-17(10-8-16)24-13-3-1-2-4-14-24/h7-11,15H,1-6,12-14H2,(H,21,25)(H,22,23,26). The van der Waals surface area contributed by atoms with Crippen molar-refractivity contribution in [1.82, 2.24) is 10.5 Å². The lowest BCUT2D eigenvalue weighted by Crippen LogP contribution is -2.36. The fourth-order valence-corrected chi connectivity index (χ4v) is 3.23. The summed E-state index contributed by atoms with van der Waals surface area (Å²) in [7, 11) is 0. The quantitative estimate of drug-likeness (QED) is 0.603. The molecule has 2 heterocycles. The van der Waals surface area contributed by atoms with Crippen molar-refractivity contribution >= 4 is 23.3 Å². The van der Waals surface area contributed by atoms with E-state index in [1.807, 2.05) is 0 Å². The number of rotatable bonds is 6. The Hall–Kier alpha value is -2.83. The lowest BCUT2D eigenvalue weighted by Gasteiger charge is -2.22. The molecule has 0 saturated carbocycles. The van der Waals surface area contributed by atoms with Gasteiger partial charge in [-0.3, -0.25) is 14.9 Å². The molecule has 2 N–H and O–H groups in total. The predicted octanol–water partition coefficient (Wildman–Crippen LogP) is 2.74. The van der Waals surface area contributed by atoms with E-state index in [2.05, 4.69) is 49.5 Å². The van der Waals surface area contributed by atoms with Crippen LogP contribution in [0, 0.1) is 0 Å². The van der Waals surface area contributed by atoms with Crippen LogP contribution >= 0.6 is 0 Å². The first-order chi connectivity index (χ1) is 13.2. The maximum Gasteiger partial charge on any atom is 0.314 e. The zero-order chi connectivity index (χ0) is 18.9. The summed E-state index contributed by atoms with van der Waals surface area (Å²) in [6.45, 7) is 2.72. The van der Waals surface area contributed by atoms with Gasteiger partial charge in [0, 0.05) is 31.4 Å². The molecule has 2 aromatic rings. The number of nitrogens with one attached hydrogen (secondary N) is 2. The summed E-state index contributed by atoms with van der Waals surface area (Å²) in [6.07, 6.45) is 8.15. The van der Waals surface area contributed by atoms with Crippen LogP contribution in [0.1, 0.15) is 37.7 Å². The van der Waals surface area contributed by atoms with Crippen LogP contribution in [-0.4, -0.2) is 36.6 Å². The summed E-state index contributed by atoms with van der Waals surface area (Å²) in [6, 6.07) is 10.1. The first kappa shape index (κ1) is 18.9. The van der Waals surface area contributed by atoms with E-state index in [0.717, 1.165) is 25.9 Å². The van der Waals surface area contributed by atoms with Crippen LogP contribution in [0.5, 0.6) is 0 Å². The average Bonchev–Trinajstić information content (AvgIpc) is 3.04. The van der Waals surface area contributed by atoms with Gasteiger partial charge in [-0.15, -0.1) is 0 Å². The second-order valence-corrected chi connectivity index (χ2v) is 6.77. The van der Waals surface area contributed by atoms with E-state index in [4.69, 9.17) is 0 Å². The van der Waals surface area contributed by atoms with Crippen molar-refractivity contribution in [2.45, 2.75) is 38.5 Å². The van der Waals surface area contributed by atoms with Gasteiger partial charge in [0.15, 0.2) is 5.82 Å². The Labute approximate surface area is 159 Å². The second kappa shape index (κ2) is 9.75. The summed E-state index contributed by atoms with van der Waals surface area (Å²) < 4.78 is 4.60. The molecule has 7 heteroatoms. The summed E-state index contributed by atoms with van der Waals surface area (Å²) in [5, 5.41) is 8.51. The van der Waals surface area contributed by atoms with Crippen molar-refractivity contribution in [3.63, 3.8) is 0 Å². The molecule has 144 valence electrons. The molecule has 1 aromatic heterocycles. The number of hydrogen-bond donors (Lipinski definition) is 2. The third-order valence-corrected chi connectivity index (χ3v) is 4.72. The first-order valence-electron chi connectivity index (χ1n) is 9.56. The summed E-state index contributed by atoms with van der Waals surface area (Å²) >= 11 is 0. The molecule has 0 bridgehead atoms. The van der Waals surface area contributed by atoms with Crippen LogP contribution in [0.4, 0.5) is 11.5 Å². The molecule has 3 rings (SSSR count). The van der Waals surface area contributed by atoms with Crippen molar-refractivity contribution in [2.75, 3.05) is 29.9 Å². The van der Waals surface area contributed by atoms with Gasteiger partial charge in [-0.2, -0.15) is 0 Å². The maximum absolute atomic E-state index is 11.7. The molecule has 0 spiro atoms. The monoisotopic (exact) mass is 370 g/mol. The Morgan fingerprint density at radius 1 is 1.00 bits per heavy atom. The summed E-state index contributed by atoms with van der Waals surface area (Å²) in [5.41, 5.74) is 2.52. The van der Waals surface area contributed by atoms with Crippen LogP contribution in [-0.2, 0) is 16.0 Å². The molecule has 27 heavy (non-hydrogen) atoms. The number of aryl methyl sites for hydroxylation is 1. The van der Waals surface area contributed by atoms with E-state index in [-0.39, 0.29) is 5.82 Å². The summed E-state index contributed by atoms with van der Waals surface area (Å²) in [4.78, 5) is 25.9.